The molecule has 5 heteroatoms. The fourth-order valence-corrected chi connectivity index (χ4v) is 1.73. The van der Waals surface area contributed by atoms with E-state index in [0.29, 0.717) is 11.3 Å². The third-order valence-corrected chi connectivity index (χ3v) is 2.77. The number of nitrogens with one attached hydrogen (secondary N) is 1. The zero-order chi connectivity index (χ0) is 13.0. The van der Waals surface area contributed by atoms with Crippen LogP contribution in [0.2, 0.25) is 0 Å². The van der Waals surface area contributed by atoms with Gasteiger partial charge in [-0.1, -0.05) is 0 Å². The fraction of sp³-hybridized carbons (Fsp3) is 0.231. The third kappa shape index (κ3) is 2.61. The number of anilines is 2. The molecule has 0 saturated carbocycles. The standard InChI is InChI=1S/C13H15N5/c1-18-7-6-17-13(18)4-5-16-11-3-2-10(9-14)12(15)8-11/h2-3,6-8,16H,4-5,15H2,1H3. The molecule has 2 aromatic rings. The highest BCUT2D eigenvalue weighted by Crippen LogP contribution is 2.16. The Labute approximate surface area is 106 Å². The lowest BCUT2D eigenvalue weighted by molar-refractivity contribution is 0.790. The molecule has 2 rings (SSSR count). The van der Waals surface area contributed by atoms with Crippen LogP contribution in [0.3, 0.4) is 0 Å². The van der Waals surface area contributed by atoms with E-state index in [1.165, 1.54) is 0 Å². The first kappa shape index (κ1) is 12.0. The van der Waals surface area contributed by atoms with E-state index in [4.69, 9.17) is 11.0 Å². The van der Waals surface area contributed by atoms with Crippen LogP contribution in [0.15, 0.2) is 30.6 Å². The molecule has 0 radical (unpaired) electrons. The van der Waals surface area contributed by atoms with Gasteiger partial charge in [-0.15, -0.1) is 0 Å². The number of rotatable bonds is 4. The molecule has 1 heterocycles. The van der Waals surface area contributed by atoms with E-state index in [0.717, 1.165) is 24.5 Å². The molecule has 0 bridgehead atoms. The highest BCUT2D eigenvalue weighted by molar-refractivity contribution is 5.62. The Morgan fingerprint density at radius 3 is 2.94 bits per heavy atom. The van der Waals surface area contributed by atoms with Gasteiger partial charge in [0.25, 0.3) is 0 Å². The highest BCUT2D eigenvalue weighted by Gasteiger charge is 2.01. The third-order valence-electron chi connectivity index (χ3n) is 2.77. The summed E-state index contributed by atoms with van der Waals surface area (Å²) in [5.41, 5.74) is 7.66. The van der Waals surface area contributed by atoms with E-state index < -0.39 is 0 Å². The number of nitriles is 1. The number of aryl methyl sites for hydroxylation is 1. The molecule has 3 N–H and O–H groups in total. The molecule has 0 amide bonds. The maximum absolute atomic E-state index is 8.78. The van der Waals surface area contributed by atoms with Crippen molar-refractivity contribution in [1.82, 2.24) is 9.55 Å². The molecule has 92 valence electrons. The number of benzene rings is 1. The maximum Gasteiger partial charge on any atom is 0.110 e. The van der Waals surface area contributed by atoms with Crippen LogP contribution in [0.25, 0.3) is 0 Å². The first-order valence-electron chi connectivity index (χ1n) is 5.70. The zero-order valence-corrected chi connectivity index (χ0v) is 10.2. The predicted molar refractivity (Wildman–Crippen MR) is 71.0 cm³/mol. The summed E-state index contributed by atoms with van der Waals surface area (Å²) in [5.74, 6) is 1.03. The maximum atomic E-state index is 8.78. The van der Waals surface area contributed by atoms with Crippen LogP contribution in [0.5, 0.6) is 0 Å². The minimum Gasteiger partial charge on any atom is -0.398 e. The van der Waals surface area contributed by atoms with Gasteiger partial charge in [-0.3, -0.25) is 0 Å². The Kier molecular flexibility index (Phi) is 3.49. The molecule has 5 nitrogen and oxygen atoms in total. The van der Waals surface area contributed by atoms with Crippen molar-refractivity contribution in [2.45, 2.75) is 6.42 Å². The van der Waals surface area contributed by atoms with Crippen LogP contribution in [-0.2, 0) is 13.5 Å². The molecule has 0 spiro atoms. The van der Waals surface area contributed by atoms with Crippen molar-refractivity contribution in [3.63, 3.8) is 0 Å². The van der Waals surface area contributed by atoms with Crippen LogP contribution >= 0.6 is 0 Å². The minimum atomic E-state index is 0.500. The van der Waals surface area contributed by atoms with Gasteiger partial charge in [-0.2, -0.15) is 5.26 Å². The molecule has 1 aromatic carbocycles. The predicted octanol–water partition coefficient (Wildman–Crippen LogP) is 1.53. The van der Waals surface area contributed by atoms with Gasteiger partial charge in [-0.05, 0) is 18.2 Å². The van der Waals surface area contributed by atoms with E-state index >= 15 is 0 Å². The number of nitrogens with two attached hydrogens (primary N) is 1. The summed E-state index contributed by atoms with van der Waals surface area (Å²) >= 11 is 0. The second kappa shape index (κ2) is 5.23. The number of hydrogen-bond donors (Lipinski definition) is 2. The minimum absolute atomic E-state index is 0.500. The second-order valence-corrected chi connectivity index (χ2v) is 4.04. The van der Waals surface area contributed by atoms with Crippen molar-refractivity contribution < 1.29 is 0 Å². The van der Waals surface area contributed by atoms with E-state index in [2.05, 4.69) is 10.3 Å². The largest absolute Gasteiger partial charge is 0.398 e. The number of imidazole rings is 1. The van der Waals surface area contributed by atoms with Crippen LogP contribution in [-0.4, -0.2) is 16.1 Å². The number of nitrogens with zero attached hydrogens (tertiary/aromatic N) is 3. The molecule has 0 aliphatic rings. The Bertz CT molecular complexity index is 579. The lowest BCUT2D eigenvalue weighted by atomic mass is 10.2. The molecule has 0 fully saturated rings. The summed E-state index contributed by atoms with van der Waals surface area (Å²) in [6.07, 6.45) is 4.55. The fourth-order valence-electron chi connectivity index (χ4n) is 1.73. The van der Waals surface area contributed by atoms with Gasteiger partial charge in [0.1, 0.15) is 11.9 Å². The summed E-state index contributed by atoms with van der Waals surface area (Å²) in [6, 6.07) is 7.39. The van der Waals surface area contributed by atoms with E-state index in [-0.39, 0.29) is 0 Å². The highest BCUT2D eigenvalue weighted by atomic mass is 15.0. The Morgan fingerprint density at radius 1 is 1.50 bits per heavy atom. The second-order valence-electron chi connectivity index (χ2n) is 4.04. The van der Waals surface area contributed by atoms with Crippen LogP contribution in [0, 0.1) is 11.3 Å². The molecule has 0 aliphatic carbocycles. The van der Waals surface area contributed by atoms with Gasteiger partial charge < -0.3 is 15.6 Å². The lowest BCUT2D eigenvalue weighted by Gasteiger charge is -2.07. The van der Waals surface area contributed by atoms with E-state index in [1.54, 1.807) is 18.3 Å². The first-order valence-corrected chi connectivity index (χ1v) is 5.70. The summed E-state index contributed by atoms with van der Waals surface area (Å²) in [5, 5.41) is 12.0. The van der Waals surface area contributed by atoms with Crippen molar-refractivity contribution in [2.75, 3.05) is 17.6 Å². The summed E-state index contributed by atoms with van der Waals surface area (Å²) < 4.78 is 1.99. The van der Waals surface area contributed by atoms with Crippen molar-refractivity contribution in [1.29, 1.82) is 5.26 Å². The number of hydrogen-bond acceptors (Lipinski definition) is 4. The average Bonchev–Trinajstić information content (AvgIpc) is 2.75. The van der Waals surface area contributed by atoms with E-state index in [1.807, 2.05) is 29.9 Å². The van der Waals surface area contributed by atoms with Crippen LogP contribution in [0.4, 0.5) is 11.4 Å². The Hall–Kier alpha value is -2.48. The molecule has 0 atom stereocenters. The van der Waals surface area contributed by atoms with Gasteiger partial charge >= 0.3 is 0 Å². The van der Waals surface area contributed by atoms with Gasteiger partial charge in [0.05, 0.1) is 11.3 Å². The first-order chi connectivity index (χ1) is 8.70. The van der Waals surface area contributed by atoms with E-state index in [9.17, 15) is 0 Å². The smallest absolute Gasteiger partial charge is 0.110 e. The molecule has 1 aromatic heterocycles. The Balaban J connectivity index is 1.93. The topological polar surface area (TPSA) is 79.7 Å². The lowest BCUT2D eigenvalue weighted by Crippen LogP contribution is -2.08. The molecular formula is C13H15N5. The van der Waals surface area contributed by atoms with Gasteiger partial charge in [0, 0.05) is 38.1 Å². The molecule has 0 aliphatic heterocycles. The van der Waals surface area contributed by atoms with Crippen LogP contribution in [0.1, 0.15) is 11.4 Å². The molecule has 18 heavy (non-hydrogen) atoms. The molecular weight excluding hydrogens is 226 g/mol. The average molecular weight is 241 g/mol. The van der Waals surface area contributed by atoms with Crippen molar-refractivity contribution in [2.24, 2.45) is 7.05 Å². The van der Waals surface area contributed by atoms with Gasteiger partial charge in [0.2, 0.25) is 0 Å². The summed E-state index contributed by atoms with van der Waals surface area (Å²) in [4.78, 5) is 4.25. The van der Waals surface area contributed by atoms with Gasteiger partial charge in [0.15, 0.2) is 0 Å². The van der Waals surface area contributed by atoms with Gasteiger partial charge in [-0.25, -0.2) is 4.98 Å². The Morgan fingerprint density at radius 2 is 2.33 bits per heavy atom. The SMILES string of the molecule is Cn1ccnc1CCNc1ccc(C#N)c(N)c1. The number of nitrogen functional groups attached to an aromatic ring is 1. The zero-order valence-electron chi connectivity index (χ0n) is 10.2. The van der Waals surface area contributed by atoms with Crippen molar-refractivity contribution >= 4 is 11.4 Å². The normalized spacial score (nSPS) is 10.0. The summed E-state index contributed by atoms with van der Waals surface area (Å²) in [7, 11) is 1.97. The van der Waals surface area contributed by atoms with Crippen molar-refractivity contribution in [3.05, 3.63) is 42.0 Å². The van der Waals surface area contributed by atoms with Crippen molar-refractivity contribution in [3.8, 4) is 6.07 Å². The monoisotopic (exact) mass is 241 g/mol. The summed E-state index contributed by atoms with van der Waals surface area (Å²) in [6.45, 7) is 0.774. The van der Waals surface area contributed by atoms with Crippen LogP contribution < -0.4 is 11.1 Å². The molecule has 0 saturated heterocycles. The number of aromatic nitrogens is 2. The molecule has 0 unspecified atom stereocenters. The quantitative estimate of drug-likeness (QED) is 0.795.